The van der Waals surface area contributed by atoms with E-state index in [0.717, 1.165) is 38.9 Å². The summed E-state index contributed by atoms with van der Waals surface area (Å²) in [5.74, 6) is 0.599. The number of likely N-dealkylation sites (tertiary alicyclic amines) is 1. The topological polar surface area (TPSA) is 42.4 Å². The van der Waals surface area contributed by atoms with Crippen LogP contribution >= 0.6 is 0 Å². The predicted octanol–water partition coefficient (Wildman–Crippen LogP) is 3.58. The highest BCUT2D eigenvalue weighted by molar-refractivity contribution is 5.96. The van der Waals surface area contributed by atoms with Crippen LogP contribution in [-0.4, -0.2) is 41.9 Å². The molecule has 0 radical (unpaired) electrons. The van der Waals surface area contributed by atoms with Crippen molar-refractivity contribution in [3.8, 4) is 5.75 Å². The molecule has 1 unspecified atom stereocenters. The van der Waals surface area contributed by atoms with Crippen LogP contribution in [0.1, 0.15) is 29.8 Å². The number of pyridine rings is 1. The molecule has 1 aromatic carbocycles. The van der Waals surface area contributed by atoms with Crippen LogP contribution in [-0.2, 0) is 0 Å². The monoisotopic (exact) mass is 342 g/mol. The summed E-state index contributed by atoms with van der Waals surface area (Å²) in [5, 5.41) is 0. The number of ketones is 1. The van der Waals surface area contributed by atoms with E-state index in [4.69, 9.17) is 4.74 Å². The number of Topliss-reactive ketones (excluding diaryl/α,β-unsaturated/α-hetero) is 1. The molecule has 4 nitrogen and oxygen atoms in total. The Morgan fingerprint density at radius 1 is 1.24 bits per heavy atom. The summed E-state index contributed by atoms with van der Waals surface area (Å²) in [7, 11) is 0. The predicted molar refractivity (Wildman–Crippen MR) is 94.2 cm³/mol. The van der Waals surface area contributed by atoms with Crippen molar-refractivity contribution in [2.45, 2.75) is 19.3 Å². The molecule has 1 saturated heterocycles. The van der Waals surface area contributed by atoms with Gasteiger partial charge in [-0.05, 0) is 62.2 Å². The van der Waals surface area contributed by atoms with Gasteiger partial charge in [-0.3, -0.25) is 9.78 Å². The molecule has 2 aromatic rings. The standard InChI is InChI=1S/C20H23FN2O2/c21-17-7-9-18(10-8-17)25-14-4-13-23-12-3-5-16(15-23)20(24)19-6-1-2-11-22-19/h1-2,6-11,16H,3-5,12-15H2. The third-order valence-corrected chi connectivity index (χ3v) is 4.49. The highest BCUT2D eigenvalue weighted by atomic mass is 19.1. The third kappa shape index (κ3) is 5.10. The molecule has 0 N–H and O–H groups in total. The summed E-state index contributed by atoms with van der Waals surface area (Å²) in [4.78, 5) is 19.0. The molecule has 1 fully saturated rings. The van der Waals surface area contributed by atoms with Crippen LogP contribution < -0.4 is 4.74 Å². The molecule has 3 rings (SSSR count). The highest BCUT2D eigenvalue weighted by Gasteiger charge is 2.26. The molecular weight excluding hydrogens is 319 g/mol. The van der Waals surface area contributed by atoms with E-state index in [1.54, 1.807) is 24.4 Å². The Balaban J connectivity index is 1.42. The summed E-state index contributed by atoms with van der Waals surface area (Å²) in [6.45, 7) is 3.28. The maximum absolute atomic E-state index is 12.8. The molecule has 0 aliphatic carbocycles. The molecular formula is C20H23FN2O2. The first kappa shape index (κ1) is 17.5. The second-order valence-corrected chi connectivity index (χ2v) is 6.37. The number of ether oxygens (including phenoxy) is 1. The smallest absolute Gasteiger partial charge is 0.185 e. The molecule has 1 aliphatic heterocycles. The van der Waals surface area contributed by atoms with Gasteiger partial charge >= 0.3 is 0 Å². The van der Waals surface area contributed by atoms with E-state index < -0.39 is 0 Å². The van der Waals surface area contributed by atoms with Crippen molar-refractivity contribution < 1.29 is 13.9 Å². The number of benzene rings is 1. The number of aromatic nitrogens is 1. The van der Waals surface area contributed by atoms with Gasteiger partial charge in [0, 0.05) is 25.2 Å². The lowest BCUT2D eigenvalue weighted by atomic mass is 9.92. The fraction of sp³-hybridized carbons (Fsp3) is 0.400. The van der Waals surface area contributed by atoms with Gasteiger partial charge < -0.3 is 9.64 Å². The van der Waals surface area contributed by atoms with Gasteiger partial charge in [0.2, 0.25) is 0 Å². The SMILES string of the molecule is O=C(c1ccccn1)C1CCCN(CCCOc2ccc(F)cc2)C1. The van der Waals surface area contributed by atoms with Crippen molar-refractivity contribution >= 4 is 5.78 Å². The van der Waals surface area contributed by atoms with Crippen molar-refractivity contribution in [3.05, 3.63) is 60.2 Å². The van der Waals surface area contributed by atoms with Gasteiger partial charge in [0.1, 0.15) is 17.3 Å². The van der Waals surface area contributed by atoms with E-state index >= 15 is 0 Å². The number of carbonyl (C=O) groups excluding carboxylic acids is 1. The van der Waals surface area contributed by atoms with Crippen LogP contribution in [0.4, 0.5) is 4.39 Å². The van der Waals surface area contributed by atoms with Crippen molar-refractivity contribution in [1.29, 1.82) is 0 Å². The first-order chi connectivity index (χ1) is 12.2. The van der Waals surface area contributed by atoms with E-state index in [-0.39, 0.29) is 17.5 Å². The van der Waals surface area contributed by atoms with Gasteiger partial charge in [-0.1, -0.05) is 6.07 Å². The fourth-order valence-electron chi connectivity index (χ4n) is 3.20. The first-order valence-electron chi connectivity index (χ1n) is 8.78. The van der Waals surface area contributed by atoms with Gasteiger partial charge in [0.05, 0.1) is 6.61 Å². The molecule has 0 amide bonds. The Bertz CT molecular complexity index is 676. The van der Waals surface area contributed by atoms with Gasteiger partial charge in [0.15, 0.2) is 5.78 Å². The van der Waals surface area contributed by atoms with E-state index in [9.17, 15) is 9.18 Å². The molecule has 1 atom stereocenters. The largest absolute Gasteiger partial charge is 0.494 e. The lowest BCUT2D eigenvalue weighted by Crippen LogP contribution is -2.39. The Morgan fingerprint density at radius 3 is 2.84 bits per heavy atom. The zero-order chi connectivity index (χ0) is 17.5. The van der Waals surface area contributed by atoms with Crippen LogP contribution in [0.15, 0.2) is 48.7 Å². The zero-order valence-electron chi connectivity index (χ0n) is 14.2. The fourth-order valence-corrected chi connectivity index (χ4v) is 3.20. The van der Waals surface area contributed by atoms with Crippen molar-refractivity contribution in [1.82, 2.24) is 9.88 Å². The molecule has 1 aromatic heterocycles. The molecule has 0 bridgehead atoms. The maximum atomic E-state index is 12.8. The first-order valence-corrected chi connectivity index (χ1v) is 8.78. The molecule has 5 heteroatoms. The number of nitrogens with zero attached hydrogens (tertiary/aromatic N) is 2. The minimum Gasteiger partial charge on any atom is -0.494 e. The third-order valence-electron chi connectivity index (χ3n) is 4.49. The maximum Gasteiger partial charge on any atom is 0.185 e. The van der Waals surface area contributed by atoms with Crippen molar-refractivity contribution in [2.24, 2.45) is 5.92 Å². The minimum atomic E-state index is -0.260. The molecule has 2 heterocycles. The molecule has 25 heavy (non-hydrogen) atoms. The van der Waals surface area contributed by atoms with Gasteiger partial charge in [-0.2, -0.15) is 0 Å². The minimum absolute atomic E-state index is 0.0293. The van der Waals surface area contributed by atoms with E-state index in [2.05, 4.69) is 9.88 Å². The van der Waals surface area contributed by atoms with Gasteiger partial charge in [-0.15, -0.1) is 0 Å². The van der Waals surface area contributed by atoms with Crippen LogP contribution in [0.25, 0.3) is 0 Å². The van der Waals surface area contributed by atoms with E-state index in [1.807, 2.05) is 12.1 Å². The quantitative estimate of drug-likeness (QED) is 0.570. The highest BCUT2D eigenvalue weighted by Crippen LogP contribution is 2.20. The summed E-state index contributed by atoms with van der Waals surface area (Å²) in [6.07, 6.45) is 4.50. The number of hydrogen-bond acceptors (Lipinski definition) is 4. The molecule has 1 aliphatic rings. The number of halogens is 1. The molecule has 0 saturated carbocycles. The summed E-state index contributed by atoms with van der Waals surface area (Å²) in [6, 6.07) is 11.5. The second-order valence-electron chi connectivity index (χ2n) is 6.37. The normalized spacial score (nSPS) is 18.0. The van der Waals surface area contributed by atoms with Crippen LogP contribution in [0, 0.1) is 11.7 Å². The summed E-state index contributed by atoms with van der Waals surface area (Å²) < 4.78 is 18.5. The Hall–Kier alpha value is -2.27. The van der Waals surface area contributed by atoms with Crippen LogP contribution in [0.5, 0.6) is 5.75 Å². The van der Waals surface area contributed by atoms with Crippen LogP contribution in [0.2, 0.25) is 0 Å². The number of carbonyl (C=O) groups is 1. The number of rotatable bonds is 7. The number of piperidine rings is 1. The second kappa shape index (κ2) is 8.72. The van der Waals surface area contributed by atoms with Gasteiger partial charge in [0.25, 0.3) is 0 Å². The zero-order valence-corrected chi connectivity index (χ0v) is 14.2. The Labute approximate surface area is 147 Å². The van der Waals surface area contributed by atoms with Crippen molar-refractivity contribution in [3.63, 3.8) is 0 Å². The lowest BCUT2D eigenvalue weighted by molar-refractivity contribution is 0.0808. The van der Waals surface area contributed by atoms with Crippen molar-refractivity contribution in [2.75, 3.05) is 26.2 Å². The number of hydrogen-bond donors (Lipinski definition) is 0. The Kier molecular flexibility index (Phi) is 6.12. The average Bonchev–Trinajstić information content (AvgIpc) is 2.67. The molecule has 0 spiro atoms. The summed E-state index contributed by atoms with van der Waals surface area (Å²) >= 11 is 0. The average molecular weight is 342 g/mol. The van der Waals surface area contributed by atoms with E-state index in [1.165, 1.54) is 12.1 Å². The lowest BCUT2D eigenvalue weighted by Gasteiger charge is -2.31. The van der Waals surface area contributed by atoms with Gasteiger partial charge in [-0.25, -0.2) is 4.39 Å². The van der Waals surface area contributed by atoms with Crippen LogP contribution in [0.3, 0.4) is 0 Å². The Morgan fingerprint density at radius 2 is 2.08 bits per heavy atom. The van der Waals surface area contributed by atoms with E-state index in [0.29, 0.717) is 18.1 Å². The molecule has 132 valence electrons. The summed E-state index contributed by atoms with van der Waals surface area (Å²) in [5.41, 5.74) is 0.564.